The number of carbonyl (C=O) groups is 2. The Morgan fingerprint density at radius 2 is 1.83 bits per heavy atom. The molecule has 24 heavy (non-hydrogen) atoms. The Morgan fingerprint density at radius 3 is 2.42 bits per heavy atom. The molecule has 0 bridgehead atoms. The minimum atomic E-state index is -0.293. The molecule has 0 saturated heterocycles. The number of nitrogens with zero attached hydrogens (tertiary/aromatic N) is 2. The summed E-state index contributed by atoms with van der Waals surface area (Å²) in [6, 6.07) is 9.60. The molecule has 1 N–H and O–H groups in total. The van der Waals surface area contributed by atoms with E-state index in [4.69, 9.17) is 4.74 Å². The van der Waals surface area contributed by atoms with Crippen molar-refractivity contribution >= 4 is 11.8 Å². The molecule has 0 unspecified atom stereocenters. The lowest BCUT2D eigenvalue weighted by Crippen LogP contribution is -2.48. The van der Waals surface area contributed by atoms with Crippen molar-refractivity contribution < 1.29 is 14.3 Å². The number of likely N-dealkylation sites (N-methyl/N-ethyl adjacent to an activating group) is 2. The summed E-state index contributed by atoms with van der Waals surface area (Å²) < 4.78 is 4.94. The number of nitrogens with one attached hydrogen (secondary N) is 1. The van der Waals surface area contributed by atoms with Crippen LogP contribution in [-0.4, -0.2) is 75.6 Å². The maximum atomic E-state index is 12.7. The number of hydrogen-bond donors (Lipinski definition) is 1. The molecule has 1 aromatic rings. The van der Waals surface area contributed by atoms with Crippen molar-refractivity contribution in [3.05, 3.63) is 35.9 Å². The number of methoxy groups -OCH3 is 1. The summed E-state index contributed by atoms with van der Waals surface area (Å²) in [6.07, 6.45) is 1.38. The standard InChI is InChI=1S/C18H29N3O3/c1-20(2)16(13-15-9-6-5-7-10-15)18(23)21(3)14-17(22)19-11-8-12-24-4/h5-7,9-10,16H,8,11-14H2,1-4H3,(H,19,22)/t16-/m1/s1. The van der Waals surface area contributed by atoms with Gasteiger partial charge in [-0.1, -0.05) is 30.3 Å². The van der Waals surface area contributed by atoms with Crippen LogP contribution in [0.1, 0.15) is 12.0 Å². The van der Waals surface area contributed by atoms with Crippen LogP contribution in [0.5, 0.6) is 0 Å². The molecule has 1 rings (SSSR count). The van der Waals surface area contributed by atoms with Crippen LogP contribution in [0.15, 0.2) is 30.3 Å². The van der Waals surface area contributed by atoms with Crippen molar-refractivity contribution in [3.63, 3.8) is 0 Å². The largest absolute Gasteiger partial charge is 0.385 e. The molecule has 1 aromatic carbocycles. The third-order valence-corrected chi connectivity index (χ3v) is 3.78. The van der Waals surface area contributed by atoms with E-state index < -0.39 is 0 Å². The minimum absolute atomic E-state index is 0.0594. The van der Waals surface area contributed by atoms with E-state index in [0.29, 0.717) is 19.6 Å². The van der Waals surface area contributed by atoms with E-state index in [2.05, 4.69) is 5.32 Å². The predicted octanol–water partition coefficient (Wildman–Crippen LogP) is 0.770. The Hall–Kier alpha value is -1.92. The fourth-order valence-electron chi connectivity index (χ4n) is 2.38. The topological polar surface area (TPSA) is 61.9 Å². The van der Waals surface area contributed by atoms with E-state index in [-0.39, 0.29) is 24.4 Å². The molecule has 2 amide bonds. The van der Waals surface area contributed by atoms with Crippen LogP contribution in [0, 0.1) is 0 Å². The van der Waals surface area contributed by atoms with Gasteiger partial charge in [-0.25, -0.2) is 0 Å². The lowest BCUT2D eigenvalue weighted by atomic mass is 10.0. The lowest BCUT2D eigenvalue weighted by molar-refractivity contribution is -0.138. The molecule has 0 radical (unpaired) electrons. The normalized spacial score (nSPS) is 12.0. The first-order valence-corrected chi connectivity index (χ1v) is 8.16. The van der Waals surface area contributed by atoms with Crippen LogP contribution in [0.25, 0.3) is 0 Å². The van der Waals surface area contributed by atoms with Crippen molar-refractivity contribution in [3.8, 4) is 0 Å². The first-order chi connectivity index (χ1) is 11.5. The van der Waals surface area contributed by atoms with Gasteiger partial charge in [-0.05, 0) is 32.5 Å². The van der Waals surface area contributed by atoms with Gasteiger partial charge in [-0.3, -0.25) is 14.5 Å². The highest BCUT2D eigenvalue weighted by atomic mass is 16.5. The molecular weight excluding hydrogens is 306 g/mol. The van der Waals surface area contributed by atoms with Gasteiger partial charge in [0.2, 0.25) is 11.8 Å². The monoisotopic (exact) mass is 335 g/mol. The molecule has 0 fully saturated rings. The molecule has 1 atom stereocenters. The molecular formula is C18H29N3O3. The predicted molar refractivity (Wildman–Crippen MR) is 94.8 cm³/mol. The minimum Gasteiger partial charge on any atom is -0.385 e. The molecule has 134 valence electrons. The Labute approximate surface area is 144 Å². The van der Waals surface area contributed by atoms with Gasteiger partial charge in [0.05, 0.1) is 12.6 Å². The van der Waals surface area contributed by atoms with Crippen molar-refractivity contribution in [1.29, 1.82) is 0 Å². The number of hydrogen-bond acceptors (Lipinski definition) is 4. The number of benzene rings is 1. The number of amides is 2. The molecule has 0 aliphatic carbocycles. The zero-order valence-corrected chi connectivity index (χ0v) is 15.1. The second-order valence-electron chi connectivity index (χ2n) is 6.06. The fourth-order valence-corrected chi connectivity index (χ4v) is 2.38. The van der Waals surface area contributed by atoms with Gasteiger partial charge in [0.1, 0.15) is 0 Å². The molecule has 0 aromatic heterocycles. The highest BCUT2D eigenvalue weighted by Crippen LogP contribution is 2.09. The second kappa shape index (κ2) is 10.8. The first kappa shape index (κ1) is 20.1. The van der Waals surface area contributed by atoms with Crippen molar-refractivity contribution in [2.45, 2.75) is 18.9 Å². The first-order valence-electron chi connectivity index (χ1n) is 8.16. The summed E-state index contributed by atoms with van der Waals surface area (Å²) in [5.41, 5.74) is 1.10. The van der Waals surface area contributed by atoms with E-state index in [0.717, 1.165) is 12.0 Å². The van der Waals surface area contributed by atoms with Gasteiger partial charge in [0.15, 0.2) is 0 Å². The van der Waals surface area contributed by atoms with Crippen LogP contribution in [0.4, 0.5) is 0 Å². The molecule has 0 heterocycles. The summed E-state index contributed by atoms with van der Waals surface area (Å²) in [6.45, 7) is 1.22. The average Bonchev–Trinajstić information content (AvgIpc) is 2.56. The molecule has 0 saturated carbocycles. The average molecular weight is 335 g/mol. The van der Waals surface area contributed by atoms with Crippen molar-refractivity contribution in [2.75, 3.05) is 47.9 Å². The van der Waals surface area contributed by atoms with Gasteiger partial charge in [0, 0.05) is 27.3 Å². The van der Waals surface area contributed by atoms with Gasteiger partial charge < -0.3 is 15.0 Å². The third-order valence-electron chi connectivity index (χ3n) is 3.78. The summed E-state index contributed by atoms with van der Waals surface area (Å²) in [4.78, 5) is 28.0. The second-order valence-corrected chi connectivity index (χ2v) is 6.06. The van der Waals surface area contributed by atoms with Crippen LogP contribution in [-0.2, 0) is 20.7 Å². The summed E-state index contributed by atoms with van der Waals surface area (Å²) in [7, 11) is 7.05. The van der Waals surface area contributed by atoms with Crippen LogP contribution < -0.4 is 5.32 Å². The van der Waals surface area contributed by atoms with E-state index in [9.17, 15) is 9.59 Å². The summed E-state index contributed by atoms with van der Waals surface area (Å²) in [5.74, 6) is -0.213. The van der Waals surface area contributed by atoms with E-state index in [1.807, 2.05) is 49.3 Å². The number of carbonyl (C=O) groups excluding carboxylic acids is 2. The van der Waals surface area contributed by atoms with Gasteiger partial charge >= 0.3 is 0 Å². The maximum Gasteiger partial charge on any atom is 0.240 e. The van der Waals surface area contributed by atoms with Crippen LogP contribution in [0.2, 0.25) is 0 Å². The van der Waals surface area contributed by atoms with Crippen LogP contribution in [0.3, 0.4) is 0 Å². The SMILES string of the molecule is COCCCNC(=O)CN(C)C(=O)[C@@H](Cc1ccccc1)N(C)C. The number of ether oxygens (including phenoxy) is 1. The Morgan fingerprint density at radius 1 is 1.17 bits per heavy atom. The zero-order chi connectivity index (χ0) is 17.9. The Balaban J connectivity index is 2.55. The summed E-state index contributed by atoms with van der Waals surface area (Å²) in [5, 5.41) is 2.79. The highest BCUT2D eigenvalue weighted by molar-refractivity contribution is 5.87. The molecule has 0 aliphatic rings. The fraction of sp³-hybridized carbons (Fsp3) is 0.556. The van der Waals surface area contributed by atoms with Gasteiger partial charge in [0.25, 0.3) is 0 Å². The lowest BCUT2D eigenvalue weighted by Gasteiger charge is -2.28. The molecule has 6 nitrogen and oxygen atoms in total. The molecule has 0 aliphatic heterocycles. The van der Waals surface area contributed by atoms with E-state index >= 15 is 0 Å². The highest BCUT2D eigenvalue weighted by Gasteiger charge is 2.25. The Bertz CT molecular complexity index is 505. The third kappa shape index (κ3) is 7.10. The van der Waals surface area contributed by atoms with Crippen molar-refractivity contribution in [1.82, 2.24) is 15.1 Å². The van der Waals surface area contributed by atoms with E-state index in [1.54, 1.807) is 14.2 Å². The van der Waals surface area contributed by atoms with E-state index in [1.165, 1.54) is 4.90 Å². The molecule has 0 spiro atoms. The van der Waals surface area contributed by atoms with Crippen molar-refractivity contribution in [2.24, 2.45) is 0 Å². The van der Waals surface area contributed by atoms with Gasteiger partial charge in [-0.15, -0.1) is 0 Å². The van der Waals surface area contributed by atoms with Crippen LogP contribution >= 0.6 is 0 Å². The smallest absolute Gasteiger partial charge is 0.240 e. The summed E-state index contributed by atoms with van der Waals surface area (Å²) >= 11 is 0. The number of rotatable bonds is 10. The zero-order valence-electron chi connectivity index (χ0n) is 15.1. The quantitative estimate of drug-likeness (QED) is 0.642. The van der Waals surface area contributed by atoms with Gasteiger partial charge in [-0.2, -0.15) is 0 Å². The molecule has 6 heteroatoms. The maximum absolute atomic E-state index is 12.7. The Kier molecular flexibility index (Phi) is 9.04.